The Hall–Kier alpha value is -8.20. The Kier molecular flexibility index (Phi) is 10.9. The smallest absolute Gasteiger partial charge is 0.0714 e. The van der Waals surface area contributed by atoms with Gasteiger partial charge in [0, 0.05) is 37.4 Å². The van der Waals surface area contributed by atoms with Crippen LogP contribution in [0.3, 0.4) is 0 Å². The Morgan fingerprint density at radius 3 is 1.72 bits per heavy atom. The summed E-state index contributed by atoms with van der Waals surface area (Å²) in [6.45, 7) is 11.0. The van der Waals surface area contributed by atoms with Gasteiger partial charge in [-0.2, -0.15) is 0 Å². The fraction of sp³-hybridized carbons (Fsp3) is 0.0476. The molecule has 0 radical (unpaired) electrons. The van der Waals surface area contributed by atoms with Crippen LogP contribution >= 0.6 is 0 Å². The molecule has 1 aliphatic carbocycles. The van der Waals surface area contributed by atoms with Gasteiger partial charge in [-0.25, -0.2) is 0 Å². The Labute approximate surface area is 390 Å². The highest BCUT2D eigenvalue weighted by atomic mass is 15.2. The first kappa shape index (κ1) is 37.4. The maximum atomic E-state index is 9.97. The normalized spacial score (nSPS) is 15.8. The monoisotopic (exact) mass is 840 g/mol. The lowest BCUT2D eigenvalue weighted by atomic mass is 9.67. The van der Waals surface area contributed by atoms with Gasteiger partial charge in [0.2, 0.25) is 0 Å². The second-order valence-corrected chi connectivity index (χ2v) is 15.8. The van der Waals surface area contributed by atoms with E-state index in [2.05, 4.69) is 153 Å². The van der Waals surface area contributed by atoms with Crippen LogP contribution < -0.4 is 4.90 Å². The quantitative estimate of drug-likeness (QED) is 0.0706. The van der Waals surface area contributed by atoms with Crippen LogP contribution in [0.2, 0.25) is 0 Å². The standard InChI is InChI=1S/C63H52N2/c1-5-53(36-25-27-50-46-49-26-19-20-37-57(49)59-39-22-21-38-58(50)59)64(47(3)42-43-48(4)65(54-32-15-9-16-33-54)55-34-17-10-18-35-55)45-44-62-56(6-2)60-40-23-24-41-61(60)63(62,51-28-11-7-12-29-51)52-30-13-8-14-31-52/h5-41,44-46H,1-4,42-43H2/b27-25+,45-44+,53-36+/i3D,4D,42D,43D/b27-25+,45-44+,47-3?,48-4?,53-36+. The van der Waals surface area contributed by atoms with Gasteiger partial charge in [0.25, 0.3) is 0 Å². The van der Waals surface area contributed by atoms with Gasteiger partial charge >= 0.3 is 0 Å². The molecular weight excluding hydrogens is 785 g/mol. The van der Waals surface area contributed by atoms with Crippen molar-refractivity contribution in [2.24, 2.45) is 0 Å². The SMILES string of the molecule is [2H]C=C(C([2H])C([2H])C(=C[2H])N(c1ccccc1)c1ccccc1)N(/C=C/C1=C(C=C)c2ccccc2C1(c1ccccc1)c1ccccc1)/C(C=C)=C/C=C/c1cc2ccccc2c2ccccc12. The minimum absolute atomic E-state index is 0.212. The number of nitrogens with zero attached hydrogens (tertiary/aromatic N) is 2. The lowest BCUT2D eigenvalue weighted by Crippen LogP contribution is -2.29. The summed E-state index contributed by atoms with van der Waals surface area (Å²) < 4.78 is 37.7. The molecule has 8 aromatic rings. The van der Waals surface area contributed by atoms with Crippen LogP contribution in [0.4, 0.5) is 11.4 Å². The molecule has 0 spiro atoms. The van der Waals surface area contributed by atoms with E-state index < -0.39 is 18.2 Å². The van der Waals surface area contributed by atoms with E-state index in [1.165, 1.54) is 5.39 Å². The van der Waals surface area contributed by atoms with Gasteiger partial charge in [-0.1, -0.05) is 214 Å². The molecule has 1 aliphatic rings. The molecule has 0 saturated carbocycles. The zero-order valence-corrected chi connectivity index (χ0v) is 36.2. The Balaban J connectivity index is 1.21. The number of hydrogen-bond acceptors (Lipinski definition) is 2. The molecular formula is C63H52N2. The highest BCUT2D eigenvalue weighted by Crippen LogP contribution is 2.55. The average Bonchev–Trinajstić information content (AvgIpc) is 3.70. The fourth-order valence-electron chi connectivity index (χ4n) is 9.25. The van der Waals surface area contributed by atoms with Gasteiger partial charge in [0.05, 0.1) is 8.16 Å². The summed E-state index contributed by atoms with van der Waals surface area (Å²) in [5, 5.41) is 4.60. The molecule has 65 heavy (non-hydrogen) atoms. The van der Waals surface area contributed by atoms with Crippen molar-refractivity contribution in [3.8, 4) is 0 Å². The Bertz CT molecular complexity index is 3240. The summed E-state index contributed by atoms with van der Waals surface area (Å²) in [6.07, 6.45) is 10.9. The van der Waals surface area contributed by atoms with Crippen molar-refractivity contribution >= 4 is 44.6 Å². The molecule has 0 heterocycles. The summed E-state index contributed by atoms with van der Waals surface area (Å²) in [6, 6.07) is 67.7. The lowest BCUT2D eigenvalue weighted by Gasteiger charge is -2.35. The van der Waals surface area contributed by atoms with Crippen LogP contribution in [-0.2, 0) is 5.41 Å². The highest BCUT2D eigenvalue weighted by Gasteiger charge is 2.46. The summed E-state index contributed by atoms with van der Waals surface area (Å²) >= 11 is 0. The van der Waals surface area contributed by atoms with E-state index in [1.54, 1.807) is 11.0 Å². The van der Waals surface area contributed by atoms with Crippen LogP contribution in [0.15, 0.2) is 286 Å². The lowest BCUT2D eigenvalue weighted by molar-refractivity contribution is 0.559. The van der Waals surface area contributed by atoms with E-state index in [-0.39, 0.29) is 11.4 Å². The highest BCUT2D eigenvalue weighted by molar-refractivity contribution is 6.10. The minimum atomic E-state index is -1.35. The van der Waals surface area contributed by atoms with Crippen LogP contribution in [0.5, 0.6) is 0 Å². The summed E-state index contributed by atoms with van der Waals surface area (Å²) in [5.74, 6) is 0. The van der Waals surface area contributed by atoms with Crippen molar-refractivity contribution in [1.82, 2.24) is 4.90 Å². The molecule has 2 unspecified atom stereocenters. The van der Waals surface area contributed by atoms with Crippen LogP contribution in [0, 0.1) is 0 Å². The topological polar surface area (TPSA) is 6.48 Å². The molecule has 0 N–H and O–H groups in total. The fourth-order valence-corrected chi connectivity index (χ4v) is 9.25. The maximum absolute atomic E-state index is 9.97. The Morgan fingerprint density at radius 2 is 1.11 bits per heavy atom. The molecule has 0 fully saturated rings. The van der Waals surface area contributed by atoms with E-state index in [9.17, 15) is 2.74 Å². The third-order valence-corrected chi connectivity index (χ3v) is 12.1. The molecule has 0 amide bonds. The predicted molar refractivity (Wildman–Crippen MR) is 279 cm³/mol. The number of rotatable bonds is 16. The molecule has 2 nitrogen and oxygen atoms in total. The third-order valence-electron chi connectivity index (χ3n) is 12.1. The van der Waals surface area contributed by atoms with Gasteiger partial charge in [-0.15, -0.1) is 0 Å². The van der Waals surface area contributed by atoms with E-state index in [0.717, 1.165) is 79.6 Å². The first-order chi connectivity index (χ1) is 33.9. The molecule has 314 valence electrons. The second-order valence-electron chi connectivity index (χ2n) is 15.8. The van der Waals surface area contributed by atoms with Gasteiger partial charge in [-0.05, 0) is 122 Å². The van der Waals surface area contributed by atoms with Crippen LogP contribution in [0.25, 0.3) is 33.2 Å². The predicted octanol–water partition coefficient (Wildman–Crippen LogP) is 16.5. The van der Waals surface area contributed by atoms with Gasteiger partial charge in [0.15, 0.2) is 0 Å². The molecule has 2 atom stereocenters. The first-order valence-corrected chi connectivity index (χ1v) is 21.8. The van der Waals surface area contributed by atoms with Crippen molar-refractivity contribution in [3.63, 3.8) is 0 Å². The number of anilines is 2. The number of fused-ring (bicyclic) bond motifs is 4. The molecule has 0 aliphatic heterocycles. The summed E-state index contributed by atoms with van der Waals surface area (Å²) in [4.78, 5) is 3.65. The van der Waals surface area contributed by atoms with Crippen molar-refractivity contribution in [1.29, 1.82) is 0 Å². The largest absolute Gasteiger partial charge is 0.322 e. The first-order valence-electron chi connectivity index (χ1n) is 24.1. The van der Waals surface area contributed by atoms with Crippen LogP contribution in [-0.4, -0.2) is 4.90 Å². The van der Waals surface area contributed by atoms with Gasteiger partial charge < -0.3 is 9.80 Å². The van der Waals surface area contributed by atoms with Crippen molar-refractivity contribution in [2.45, 2.75) is 18.2 Å². The zero-order chi connectivity index (χ0) is 47.7. The summed E-state index contributed by atoms with van der Waals surface area (Å²) in [5.41, 5.74) is 9.08. The molecule has 0 bridgehead atoms. The molecule has 9 rings (SSSR count). The molecule has 0 saturated heterocycles. The minimum Gasteiger partial charge on any atom is -0.322 e. The number of allylic oxidation sites excluding steroid dienone is 9. The summed E-state index contributed by atoms with van der Waals surface area (Å²) in [7, 11) is 0. The van der Waals surface area contributed by atoms with Crippen molar-refractivity contribution in [2.75, 3.05) is 4.90 Å². The maximum Gasteiger partial charge on any atom is 0.0714 e. The van der Waals surface area contributed by atoms with E-state index in [0.29, 0.717) is 5.70 Å². The number of hydrogen-bond donors (Lipinski definition) is 0. The van der Waals surface area contributed by atoms with Crippen LogP contribution in [0.1, 0.15) is 46.1 Å². The van der Waals surface area contributed by atoms with Crippen molar-refractivity contribution < 1.29 is 5.48 Å². The second kappa shape index (κ2) is 19.0. The van der Waals surface area contributed by atoms with E-state index in [1.807, 2.05) is 102 Å². The van der Waals surface area contributed by atoms with E-state index >= 15 is 0 Å². The molecule has 0 aromatic heterocycles. The number of para-hydroxylation sites is 2. The van der Waals surface area contributed by atoms with Crippen molar-refractivity contribution in [3.05, 3.63) is 314 Å². The zero-order valence-electron chi connectivity index (χ0n) is 40.2. The van der Waals surface area contributed by atoms with E-state index in [4.69, 9.17) is 2.74 Å². The van der Waals surface area contributed by atoms with Gasteiger partial charge in [-0.3, -0.25) is 0 Å². The Morgan fingerprint density at radius 1 is 0.569 bits per heavy atom. The van der Waals surface area contributed by atoms with Gasteiger partial charge in [0.1, 0.15) is 0 Å². The third kappa shape index (κ3) is 8.15. The average molecular weight is 841 g/mol. The molecule has 2 heteroatoms. The molecule has 8 aromatic carbocycles. The number of benzene rings is 8.